The average Bonchev–Trinajstić information content (AvgIpc) is 2.85. The number of benzene rings is 2. The lowest BCUT2D eigenvalue weighted by Crippen LogP contribution is -2.25. The lowest BCUT2D eigenvalue weighted by atomic mass is 10.0. The second-order valence-electron chi connectivity index (χ2n) is 5.48. The molecule has 20 heavy (non-hydrogen) atoms. The van der Waals surface area contributed by atoms with Crippen LogP contribution in [0.15, 0.2) is 48.5 Å². The van der Waals surface area contributed by atoms with Gasteiger partial charge in [0, 0.05) is 30.3 Å². The van der Waals surface area contributed by atoms with Gasteiger partial charge in [-0.3, -0.25) is 0 Å². The highest BCUT2D eigenvalue weighted by Gasteiger charge is 2.24. The molecule has 1 aliphatic rings. The first kappa shape index (κ1) is 13.0. The van der Waals surface area contributed by atoms with Crippen LogP contribution in [0.25, 0.3) is 0 Å². The summed E-state index contributed by atoms with van der Waals surface area (Å²) in [5.41, 5.74) is 9.14. The number of rotatable bonds is 4. The summed E-state index contributed by atoms with van der Waals surface area (Å²) in [6, 6.07) is 16.4. The molecule has 0 aromatic heterocycles. The zero-order valence-electron chi connectivity index (χ0n) is 11.8. The third-order valence-electron chi connectivity index (χ3n) is 3.76. The lowest BCUT2D eigenvalue weighted by Gasteiger charge is -2.20. The molecule has 0 fully saturated rings. The van der Waals surface area contributed by atoms with Crippen LogP contribution in [0.3, 0.4) is 0 Å². The van der Waals surface area contributed by atoms with Crippen LogP contribution in [-0.2, 0) is 6.54 Å². The minimum absolute atomic E-state index is 0.463. The Hall–Kier alpha value is -2.00. The van der Waals surface area contributed by atoms with Crippen LogP contribution in [0.2, 0.25) is 0 Å². The maximum atomic E-state index is 5.73. The van der Waals surface area contributed by atoms with Crippen LogP contribution in [-0.4, -0.2) is 25.1 Å². The van der Waals surface area contributed by atoms with E-state index >= 15 is 0 Å². The third kappa shape index (κ3) is 2.78. The Labute approximate surface area is 120 Å². The Morgan fingerprint density at radius 1 is 1.15 bits per heavy atom. The van der Waals surface area contributed by atoms with Crippen LogP contribution in [0.1, 0.15) is 17.0 Å². The fourth-order valence-electron chi connectivity index (χ4n) is 2.76. The van der Waals surface area contributed by atoms with Gasteiger partial charge in [0.05, 0.1) is 6.61 Å². The van der Waals surface area contributed by atoms with E-state index in [1.807, 2.05) is 18.2 Å². The first-order valence-electron chi connectivity index (χ1n) is 6.97. The zero-order valence-corrected chi connectivity index (χ0v) is 11.8. The van der Waals surface area contributed by atoms with Crippen LogP contribution in [0.5, 0.6) is 5.75 Å². The van der Waals surface area contributed by atoms with Crippen molar-refractivity contribution in [3.8, 4) is 5.75 Å². The summed E-state index contributed by atoms with van der Waals surface area (Å²) in [5.74, 6) is 1.50. The van der Waals surface area contributed by atoms with Crippen molar-refractivity contribution in [3.63, 3.8) is 0 Å². The monoisotopic (exact) mass is 268 g/mol. The molecule has 2 N–H and O–H groups in total. The maximum Gasteiger partial charge on any atom is 0.122 e. The number of nitrogen functional groups attached to an aromatic ring is 1. The molecule has 0 amide bonds. The summed E-state index contributed by atoms with van der Waals surface area (Å²) in [6.45, 7) is 2.71. The molecular formula is C17H20N2O. The molecule has 1 aliphatic heterocycles. The SMILES string of the molecule is CN(Cc1ccc(N)cc1)CC1COc2ccccc21. The number of likely N-dealkylation sites (N-methyl/N-ethyl adjacent to an activating group) is 1. The van der Waals surface area contributed by atoms with E-state index in [0.717, 1.165) is 31.1 Å². The van der Waals surface area contributed by atoms with E-state index in [0.29, 0.717) is 5.92 Å². The van der Waals surface area contributed by atoms with Crippen LogP contribution in [0.4, 0.5) is 5.69 Å². The highest BCUT2D eigenvalue weighted by atomic mass is 16.5. The summed E-state index contributed by atoms with van der Waals surface area (Å²) in [7, 11) is 2.15. The molecule has 1 unspecified atom stereocenters. The fourth-order valence-corrected chi connectivity index (χ4v) is 2.76. The van der Waals surface area contributed by atoms with E-state index in [1.54, 1.807) is 0 Å². The van der Waals surface area contributed by atoms with Gasteiger partial charge in [-0.15, -0.1) is 0 Å². The maximum absolute atomic E-state index is 5.73. The number of nitrogens with two attached hydrogens (primary N) is 1. The predicted molar refractivity (Wildman–Crippen MR) is 81.9 cm³/mol. The Kier molecular flexibility index (Phi) is 3.61. The fraction of sp³-hybridized carbons (Fsp3) is 0.294. The molecule has 1 atom stereocenters. The number of hydrogen-bond acceptors (Lipinski definition) is 3. The lowest BCUT2D eigenvalue weighted by molar-refractivity contribution is 0.262. The molecule has 104 valence electrons. The van der Waals surface area contributed by atoms with Crippen molar-refractivity contribution in [2.45, 2.75) is 12.5 Å². The van der Waals surface area contributed by atoms with Gasteiger partial charge in [-0.05, 0) is 30.8 Å². The van der Waals surface area contributed by atoms with E-state index in [-0.39, 0.29) is 0 Å². The van der Waals surface area contributed by atoms with Gasteiger partial charge in [0.25, 0.3) is 0 Å². The van der Waals surface area contributed by atoms with Crippen molar-refractivity contribution < 1.29 is 4.74 Å². The third-order valence-corrected chi connectivity index (χ3v) is 3.76. The van der Waals surface area contributed by atoms with Crippen molar-refractivity contribution in [2.75, 3.05) is 25.9 Å². The highest BCUT2D eigenvalue weighted by molar-refractivity contribution is 5.40. The average molecular weight is 268 g/mol. The van der Waals surface area contributed by atoms with E-state index in [4.69, 9.17) is 10.5 Å². The largest absolute Gasteiger partial charge is 0.493 e. The molecule has 3 nitrogen and oxygen atoms in total. The molecule has 3 heteroatoms. The molecule has 0 aliphatic carbocycles. The first-order chi connectivity index (χ1) is 9.72. The number of para-hydroxylation sites is 1. The van der Waals surface area contributed by atoms with Crippen LogP contribution < -0.4 is 10.5 Å². The van der Waals surface area contributed by atoms with Gasteiger partial charge in [-0.2, -0.15) is 0 Å². The summed E-state index contributed by atoms with van der Waals surface area (Å²) in [4.78, 5) is 2.33. The number of anilines is 1. The molecule has 2 aromatic carbocycles. The standard InChI is InChI=1S/C17H20N2O/c1-19(10-13-6-8-15(18)9-7-13)11-14-12-20-17-5-3-2-4-16(14)17/h2-9,14H,10-12,18H2,1H3. The minimum atomic E-state index is 0.463. The molecule has 2 aromatic rings. The van der Waals surface area contributed by atoms with Gasteiger partial charge in [0.2, 0.25) is 0 Å². The van der Waals surface area contributed by atoms with Gasteiger partial charge in [0.15, 0.2) is 0 Å². The predicted octanol–water partition coefficient (Wildman–Crippen LogP) is 2.88. The van der Waals surface area contributed by atoms with Gasteiger partial charge in [0.1, 0.15) is 5.75 Å². The smallest absolute Gasteiger partial charge is 0.122 e. The van der Waals surface area contributed by atoms with Gasteiger partial charge >= 0.3 is 0 Å². The summed E-state index contributed by atoms with van der Waals surface area (Å²) in [6.07, 6.45) is 0. The topological polar surface area (TPSA) is 38.5 Å². The number of hydrogen-bond donors (Lipinski definition) is 1. The molecule has 3 rings (SSSR count). The minimum Gasteiger partial charge on any atom is -0.493 e. The summed E-state index contributed by atoms with van der Waals surface area (Å²) >= 11 is 0. The summed E-state index contributed by atoms with van der Waals surface area (Å²) < 4.78 is 5.73. The Morgan fingerprint density at radius 2 is 1.90 bits per heavy atom. The quantitative estimate of drug-likeness (QED) is 0.867. The van der Waals surface area contributed by atoms with E-state index in [2.05, 4.69) is 42.3 Å². The van der Waals surface area contributed by atoms with E-state index in [9.17, 15) is 0 Å². The number of fused-ring (bicyclic) bond motifs is 1. The number of ether oxygens (including phenoxy) is 1. The van der Waals surface area contributed by atoms with Crippen molar-refractivity contribution in [1.29, 1.82) is 0 Å². The second kappa shape index (κ2) is 5.55. The van der Waals surface area contributed by atoms with Crippen LogP contribution >= 0.6 is 0 Å². The molecule has 0 bridgehead atoms. The molecule has 0 saturated heterocycles. The van der Waals surface area contributed by atoms with E-state index < -0.39 is 0 Å². The van der Waals surface area contributed by atoms with Crippen molar-refractivity contribution >= 4 is 5.69 Å². The van der Waals surface area contributed by atoms with Crippen molar-refractivity contribution in [1.82, 2.24) is 4.90 Å². The normalized spacial score (nSPS) is 17.0. The van der Waals surface area contributed by atoms with Crippen molar-refractivity contribution in [2.24, 2.45) is 0 Å². The van der Waals surface area contributed by atoms with Gasteiger partial charge < -0.3 is 15.4 Å². The Bertz CT molecular complexity index is 580. The molecule has 0 radical (unpaired) electrons. The van der Waals surface area contributed by atoms with Gasteiger partial charge in [-0.1, -0.05) is 30.3 Å². The summed E-state index contributed by atoms with van der Waals surface area (Å²) in [5, 5.41) is 0. The molecule has 1 heterocycles. The number of nitrogens with zero attached hydrogens (tertiary/aromatic N) is 1. The Balaban J connectivity index is 1.62. The molecule has 0 spiro atoms. The first-order valence-corrected chi connectivity index (χ1v) is 6.97. The zero-order chi connectivity index (χ0) is 13.9. The van der Waals surface area contributed by atoms with Crippen LogP contribution in [0, 0.1) is 0 Å². The Morgan fingerprint density at radius 3 is 2.70 bits per heavy atom. The van der Waals surface area contributed by atoms with Crippen molar-refractivity contribution in [3.05, 3.63) is 59.7 Å². The highest BCUT2D eigenvalue weighted by Crippen LogP contribution is 2.33. The van der Waals surface area contributed by atoms with E-state index in [1.165, 1.54) is 11.1 Å². The molecular weight excluding hydrogens is 248 g/mol. The van der Waals surface area contributed by atoms with Gasteiger partial charge in [-0.25, -0.2) is 0 Å². The molecule has 0 saturated carbocycles. The second-order valence-corrected chi connectivity index (χ2v) is 5.48.